The Labute approximate surface area is 61.2 Å². The molecule has 60 valence electrons. The van der Waals surface area contributed by atoms with Gasteiger partial charge in [-0.15, -0.1) is 0 Å². The summed E-state index contributed by atoms with van der Waals surface area (Å²) in [4.78, 5) is 0. The molecule has 0 aromatic rings. The standard InChI is InChI=1S/C7H15FN2/c1-3-7(8)4-6(9-2)10-5-7/h6,9-10H,3-5H2,1-2H3. The Kier molecular flexibility index (Phi) is 2.26. The lowest BCUT2D eigenvalue weighted by Gasteiger charge is -2.14. The van der Waals surface area contributed by atoms with Crippen molar-refractivity contribution in [3.63, 3.8) is 0 Å². The van der Waals surface area contributed by atoms with E-state index in [1.807, 2.05) is 14.0 Å². The van der Waals surface area contributed by atoms with Crippen LogP contribution in [-0.4, -0.2) is 25.4 Å². The van der Waals surface area contributed by atoms with Crippen LogP contribution in [0.1, 0.15) is 19.8 Å². The maximum absolute atomic E-state index is 13.4. The van der Waals surface area contributed by atoms with Gasteiger partial charge in [0.05, 0.1) is 6.17 Å². The van der Waals surface area contributed by atoms with Crippen molar-refractivity contribution in [3.05, 3.63) is 0 Å². The molecule has 0 saturated carbocycles. The van der Waals surface area contributed by atoms with Crippen LogP contribution in [0.25, 0.3) is 0 Å². The van der Waals surface area contributed by atoms with E-state index in [0.29, 0.717) is 19.4 Å². The van der Waals surface area contributed by atoms with Crippen molar-refractivity contribution >= 4 is 0 Å². The molecule has 2 N–H and O–H groups in total. The summed E-state index contributed by atoms with van der Waals surface area (Å²) in [5, 5.41) is 6.06. The summed E-state index contributed by atoms with van der Waals surface area (Å²) in [5.41, 5.74) is -0.965. The molecule has 0 aliphatic carbocycles. The summed E-state index contributed by atoms with van der Waals surface area (Å²) in [6.45, 7) is 2.38. The molecule has 2 nitrogen and oxygen atoms in total. The smallest absolute Gasteiger partial charge is 0.126 e. The molecule has 0 radical (unpaired) electrons. The Hall–Kier alpha value is -0.150. The third-order valence-electron chi connectivity index (χ3n) is 2.22. The summed E-state index contributed by atoms with van der Waals surface area (Å²) < 4.78 is 13.4. The summed E-state index contributed by atoms with van der Waals surface area (Å²) in [7, 11) is 1.85. The van der Waals surface area contributed by atoms with Crippen LogP contribution in [-0.2, 0) is 0 Å². The average Bonchev–Trinajstić information content (AvgIpc) is 2.33. The Balaban J connectivity index is 2.41. The zero-order chi connectivity index (χ0) is 7.61. The maximum Gasteiger partial charge on any atom is 0.126 e. The molecule has 10 heavy (non-hydrogen) atoms. The van der Waals surface area contributed by atoms with Crippen LogP contribution in [0.2, 0.25) is 0 Å². The fourth-order valence-corrected chi connectivity index (χ4v) is 1.29. The molecule has 1 aliphatic heterocycles. The van der Waals surface area contributed by atoms with E-state index in [0.717, 1.165) is 0 Å². The highest BCUT2D eigenvalue weighted by Gasteiger charge is 2.36. The van der Waals surface area contributed by atoms with E-state index in [4.69, 9.17) is 0 Å². The lowest BCUT2D eigenvalue weighted by molar-refractivity contribution is 0.178. The highest BCUT2D eigenvalue weighted by Crippen LogP contribution is 2.25. The van der Waals surface area contributed by atoms with Gasteiger partial charge in [-0.1, -0.05) is 6.92 Å². The lowest BCUT2D eigenvalue weighted by Crippen LogP contribution is -2.34. The largest absolute Gasteiger partial charge is 0.305 e. The molecule has 0 amide bonds. The number of nitrogens with one attached hydrogen (secondary N) is 2. The van der Waals surface area contributed by atoms with Gasteiger partial charge in [-0.3, -0.25) is 5.32 Å². The summed E-state index contributed by atoms with van der Waals surface area (Å²) >= 11 is 0. The van der Waals surface area contributed by atoms with E-state index in [-0.39, 0.29) is 6.17 Å². The second kappa shape index (κ2) is 2.84. The van der Waals surface area contributed by atoms with Gasteiger partial charge in [-0.2, -0.15) is 0 Å². The minimum atomic E-state index is -0.965. The molecule has 1 heterocycles. The Bertz CT molecular complexity index is 118. The predicted octanol–water partition coefficient (Wildman–Crippen LogP) is 0.643. The zero-order valence-corrected chi connectivity index (χ0v) is 6.58. The molecular formula is C7H15FN2. The van der Waals surface area contributed by atoms with Gasteiger partial charge in [0.15, 0.2) is 0 Å². The van der Waals surface area contributed by atoms with Crippen molar-refractivity contribution in [2.45, 2.75) is 31.6 Å². The van der Waals surface area contributed by atoms with E-state index in [2.05, 4.69) is 10.6 Å². The van der Waals surface area contributed by atoms with Crippen molar-refractivity contribution in [1.29, 1.82) is 0 Å². The molecule has 2 unspecified atom stereocenters. The molecule has 1 aliphatic rings. The minimum Gasteiger partial charge on any atom is -0.305 e. The Morgan fingerprint density at radius 3 is 2.80 bits per heavy atom. The first-order valence-corrected chi connectivity index (χ1v) is 3.80. The molecular weight excluding hydrogens is 131 g/mol. The number of rotatable bonds is 2. The quantitative estimate of drug-likeness (QED) is 0.597. The van der Waals surface area contributed by atoms with Crippen LogP contribution in [0.4, 0.5) is 4.39 Å². The van der Waals surface area contributed by atoms with Crippen molar-refractivity contribution in [1.82, 2.24) is 10.6 Å². The van der Waals surface area contributed by atoms with Crippen LogP contribution in [0.15, 0.2) is 0 Å². The number of hydrogen-bond donors (Lipinski definition) is 2. The van der Waals surface area contributed by atoms with Gasteiger partial charge in [0, 0.05) is 13.0 Å². The third-order valence-corrected chi connectivity index (χ3v) is 2.22. The summed E-state index contributed by atoms with van der Waals surface area (Å²) in [5.74, 6) is 0. The van der Waals surface area contributed by atoms with Crippen molar-refractivity contribution in [2.24, 2.45) is 0 Å². The van der Waals surface area contributed by atoms with E-state index < -0.39 is 5.67 Å². The van der Waals surface area contributed by atoms with Crippen molar-refractivity contribution in [2.75, 3.05) is 13.6 Å². The van der Waals surface area contributed by atoms with Gasteiger partial charge in [-0.05, 0) is 13.5 Å². The molecule has 0 aromatic heterocycles. The fourth-order valence-electron chi connectivity index (χ4n) is 1.29. The topological polar surface area (TPSA) is 24.1 Å². The third kappa shape index (κ3) is 1.47. The van der Waals surface area contributed by atoms with Crippen molar-refractivity contribution < 1.29 is 4.39 Å². The second-order valence-corrected chi connectivity index (χ2v) is 2.93. The monoisotopic (exact) mass is 146 g/mol. The first-order valence-electron chi connectivity index (χ1n) is 3.80. The molecule has 2 atom stereocenters. The average molecular weight is 146 g/mol. The van der Waals surface area contributed by atoms with Gasteiger partial charge < -0.3 is 5.32 Å². The molecule has 1 rings (SSSR count). The first kappa shape index (κ1) is 7.95. The van der Waals surface area contributed by atoms with Crippen LogP contribution >= 0.6 is 0 Å². The molecule has 1 fully saturated rings. The molecule has 0 spiro atoms. The molecule has 0 bridgehead atoms. The number of alkyl halides is 1. The molecule has 0 aromatic carbocycles. The second-order valence-electron chi connectivity index (χ2n) is 2.93. The van der Waals surface area contributed by atoms with Crippen LogP contribution in [0.5, 0.6) is 0 Å². The van der Waals surface area contributed by atoms with Gasteiger partial charge >= 0.3 is 0 Å². The summed E-state index contributed by atoms with van der Waals surface area (Å²) in [6, 6.07) is 0. The fraction of sp³-hybridized carbons (Fsp3) is 1.00. The lowest BCUT2D eigenvalue weighted by atomic mass is 10.0. The van der Waals surface area contributed by atoms with E-state index in [1.165, 1.54) is 0 Å². The SMILES string of the molecule is CCC1(F)CNC(NC)C1. The summed E-state index contributed by atoms with van der Waals surface area (Å²) in [6.07, 6.45) is 1.38. The Morgan fingerprint density at radius 2 is 2.50 bits per heavy atom. The van der Waals surface area contributed by atoms with Crippen molar-refractivity contribution in [3.8, 4) is 0 Å². The van der Waals surface area contributed by atoms with Gasteiger partial charge in [0.2, 0.25) is 0 Å². The van der Waals surface area contributed by atoms with E-state index in [9.17, 15) is 4.39 Å². The molecule has 1 saturated heterocycles. The van der Waals surface area contributed by atoms with Gasteiger partial charge in [0.1, 0.15) is 5.67 Å². The van der Waals surface area contributed by atoms with Crippen LogP contribution in [0.3, 0.4) is 0 Å². The van der Waals surface area contributed by atoms with Gasteiger partial charge in [0.25, 0.3) is 0 Å². The number of hydrogen-bond acceptors (Lipinski definition) is 2. The van der Waals surface area contributed by atoms with Gasteiger partial charge in [-0.25, -0.2) is 4.39 Å². The minimum absolute atomic E-state index is 0.171. The number of halogens is 1. The highest BCUT2D eigenvalue weighted by molar-refractivity contribution is 4.91. The highest BCUT2D eigenvalue weighted by atomic mass is 19.1. The predicted molar refractivity (Wildman–Crippen MR) is 39.6 cm³/mol. The normalized spacial score (nSPS) is 40.5. The van der Waals surface area contributed by atoms with E-state index in [1.54, 1.807) is 0 Å². The van der Waals surface area contributed by atoms with Crippen LogP contribution in [0, 0.1) is 0 Å². The zero-order valence-electron chi connectivity index (χ0n) is 6.58. The maximum atomic E-state index is 13.4. The first-order chi connectivity index (χ1) is 4.70. The molecule has 3 heteroatoms. The van der Waals surface area contributed by atoms with E-state index >= 15 is 0 Å². The van der Waals surface area contributed by atoms with Crippen LogP contribution < -0.4 is 10.6 Å². The Morgan fingerprint density at radius 1 is 1.80 bits per heavy atom.